The van der Waals surface area contributed by atoms with Gasteiger partial charge in [-0.3, -0.25) is 0 Å². The Balaban J connectivity index is 2.14. The van der Waals surface area contributed by atoms with Crippen LogP contribution in [-0.4, -0.2) is 32.0 Å². The van der Waals surface area contributed by atoms with Crippen molar-refractivity contribution >= 4 is 5.71 Å². The van der Waals surface area contributed by atoms with Gasteiger partial charge in [-0.1, -0.05) is 0 Å². The maximum atomic E-state index is 13.3. The van der Waals surface area contributed by atoms with Crippen molar-refractivity contribution in [3.05, 3.63) is 41.4 Å². The molecule has 0 amide bonds. The van der Waals surface area contributed by atoms with Crippen LogP contribution < -0.4 is 0 Å². The first kappa shape index (κ1) is 18.5. The van der Waals surface area contributed by atoms with Crippen molar-refractivity contribution in [1.29, 1.82) is 0 Å². The van der Waals surface area contributed by atoms with Crippen molar-refractivity contribution in [1.82, 2.24) is 10.0 Å². The third kappa shape index (κ3) is 4.37. The fourth-order valence-corrected chi connectivity index (χ4v) is 3.96. The van der Waals surface area contributed by atoms with Crippen molar-refractivity contribution in [3.8, 4) is 0 Å². The highest BCUT2D eigenvalue weighted by molar-refractivity contribution is 5.87. The Labute approximate surface area is 143 Å². The molecule has 0 atom stereocenters. The van der Waals surface area contributed by atoms with Crippen LogP contribution in [0.25, 0.3) is 4.95 Å². The van der Waals surface area contributed by atoms with E-state index in [2.05, 4.69) is 15.0 Å². The molecule has 1 fully saturated rings. The number of piperidine rings is 1. The van der Waals surface area contributed by atoms with Gasteiger partial charge in [-0.25, -0.2) is 4.98 Å². The van der Waals surface area contributed by atoms with Gasteiger partial charge in [-0.2, -0.15) is 16.0 Å². The first-order valence-electron chi connectivity index (χ1n) is 8.16. The molecule has 0 unspecified atom stereocenters. The highest BCUT2D eigenvalue weighted by Gasteiger charge is 2.45. The van der Waals surface area contributed by atoms with E-state index in [1.807, 2.05) is 27.7 Å². The van der Waals surface area contributed by atoms with Gasteiger partial charge in [0.1, 0.15) is 5.71 Å². The van der Waals surface area contributed by atoms with Crippen LogP contribution in [0.3, 0.4) is 0 Å². The Morgan fingerprint density at radius 1 is 1.42 bits per heavy atom. The predicted octanol–water partition coefficient (Wildman–Crippen LogP) is 4.09. The largest absolute Gasteiger partial charge is 0.313 e. The molecule has 24 heavy (non-hydrogen) atoms. The fourth-order valence-electron chi connectivity index (χ4n) is 3.96. The van der Waals surface area contributed by atoms with Crippen molar-refractivity contribution in [2.24, 2.45) is 11.0 Å². The van der Waals surface area contributed by atoms with Crippen molar-refractivity contribution in [3.63, 3.8) is 0 Å². The van der Waals surface area contributed by atoms with Gasteiger partial charge in [0, 0.05) is 23.7 Å². The molecular formula is C18H25FN4O. The summed E-state index contributed by atoms with van der Waals surface area (Å²) in [4.78, 5) is 6.73. The maximum Gasteiger partial charge on any atom is 0.213 e. The Morgan fingerprint density at radius 2 is 2.04 bits per heavy atom. The summed E-state index contributed by atoms with van der Waals surface area (Å²) in [7, 11) is 0. The van der Waals surface area contributed by atoms with Gasteiger partial charge in [0.25, 0.3) is 0 Å². The summed E-state index contributed by atoms with van der Waals surface area (Å²) in [6.45, 7) is 15.1. The summed E-state index contributed by atoms with van der Waals surface area (Å²) < 4.78 is 13.3. The molecule has 0 bridgehead atoms. The standard InChI is InChI=1S/C18H25FN4O/c1-17(2)11-14(12-18(3,4)23(17)24)9-15(22-20-5)8-13-6-7-21-16(19)10-13/h6-7,10,14,24H,8-9,11-12H2,1-4H3/b22-15+. The molecule has 1 saturated heterocycles. The van der Waals surface area contributed by atoms with Gasteiger partial charge in [0.15, 0.2) is 0 Å². The Kier molecular flexibility index (Phi) is 5.36. The second-order valence-corrected chi connectivity index (χ2v) is 7.84. The SMILES string of the molecule is [C-]#[N+]/N=C(\Cc1ccnc(F)c1)CC1CC(C)(C)N(O)C(C)(C)C1. The molecule has 2 rings (SSSR count). The number of halogens is 1. The summed E-state index contributed by atoms with van der Waals surface area (Å²) >= 11 is 0. The lowest BCUT2D eigenvalue weighted by molar-refractivity contribution is -0.250. The highest BCUT2D eigenvalue weighted by atomic mass is 19.1. The van der Waals surface area contributed by atoms with Gasteiger partial charge in [0.05, 0.1) is 5.10 Å². The van der Waals surface area contributed by atoms with E-state index in [9.17, 15) is 9.60 Å². The molecule has 2 heterocycles. The van der Waals surface area contributed by atoms with E-state index in [-0.39, 0.29) is 11.1 Å². The zero-order chi connectivity index (χ0) is 18.0. The zero-order valence-corrected chi connectivity index (χ0v) is 14.8. The molecule has 0 aliphatic carbocycles. The number of hydrogen-bond donors (Lipinski definition) is 1. The normalized spacial score (nSPS) is 21.5. The molecule has 0 spiro atoms. The van der Waals surface area contributed by atoms with Crippen LogP contribution in [0.5, 0.6) is 0 Å². The molecule has 130 valence electrons. The summed E-state index contributed by atoms with van der Waals surface area (Å²) in [5.41, 5.74) is 0.846. The highest BCUT2D eigenvalue weighted by Crippen LogP contribution is 2.41. The van der Waals surface area contributed by atoms with Gasteiger partial charge in [-0.05, 0) is 70.6 Å². The Hall–Kier alpha value is -1.84. The van der Waals surface area contributed by atoms with E-state index in [1.54, 1.807) is 6.07 Å². The number of rotatable bonds is 4. The molecule has 0 saturated carbocycles. The predicted molar refractivity (Wildman–Crippen MR) is 91.1 cm³/mol. The first-order chi connectivity index (χ1) is 11.1. The third-order valence-corrected chi connectivity index (χ3v) is 4.64. The molecule has 0 radical (unpaired) electrons. The number of nitrogens with zero attached hydrogens (tertiary/aromatic N) is 4. The molecule has 1 N–H and O–H groups in total. The molecule has 5 nitrogen and oxygen atoms in total. The van der Waals surface area contributed by atoms with Crippen LogP contribution >= 0.6 is 0 Å². The van der Waals surface area contributed by atoms with E-state index in [0.29, 0.717) is 18.8 Å². The smallest absolute Gasteiger partial charge is 0.213 e. The monoisotopic (exact) mass is 332 g/mol. The van der Waals surface area contributed by atoms with E-state index < -0.39 is 5.95 Å². The van der Waals surface area contributed by atoms with E-state index in [4.69, 9.17) is 6.57 Å². The molecular weight excluding hydrogens is 307 g/mol. The van der Waals surface area contributed by atoms with E-state index in [1.165, 1.54) is 17.3 Å². The summed E-state index contributed by atoms with van der Waals surface area (Å²) in [6, 6.07) is 3.12. The minimum absolute atomic E-state index is 0.311. The minimum atomic E-state index is -0.523. The van der Waals surface area contributed by atoms with Gasteiger partial charge >= 0.3 is 0 Å². The number of aromatic nitrogens is 1. The van der Waals surface area contributed by atoms with E-state index in [0.717, 1.165) is 24.1 Å². The Bertz CT molecular complexity index is 645. The van der Waals surface area contributed by atoms with Crippen molar-refractivity contribution in [2.75, 3.05) is 0 Å². The topological polar surface area (TPSA) is 53.1 Å². The molecule has 6 heteroatoms. The summed E-state index contributed by atoms with van der Waals surface area (Å²) in [5.74, 6) is -0.212. The average Bonchev–Trinajstić information content (AvgIpc) is 2.44. The van der Waals surface area contributed by atoms with Crippen molar-refractivity contribution < 1.29 is 9.60 Å². The first-order valence-corrected chi connectivity index (χ1v) is 8.16. The average molecular weight is 332 g/mol. The number of hydroxylamine groups is 2. The molecule has 1 aliphatic rings. The molecule has 1 aromatic rings. The zero-order valence-electron chi connectivity index (χ0n) is 14.8. The van der Waals surface area contributed by atoms with Crippen LogP contribution in [0, 0.1) is 18.4 Å². The van der Waals surface area contributed by atoms with Crippen LogP contribution in [0.15, 0.2) is 23.4 Å². The van der Waals surface area contributed by atoms with Gasteiger partial charge in [0.2, 0.25) is 5.95 Å². The summed E-state index contributed by atoms with van der Waals surface area (Å²) in [5, 5.41) is 15.8. The van der Waals surface area contributed by atoms with Crippen LogP contribution in [0.2, 0.25) is 0 Å². The minimum Gasteiger partial charge on any atom is -0.313 e. The second-order valence-electron chi connectivity index (χ2n) is 7.84. The maximum absolute atomic E-state index is 13.3. The van der Waals surface area contributed by atoms with E-state index >= 15 is 0 Å². The summed E-state index contributed by atoms with van der Waals surface area (Å²) in [6.07, 6.45) is 4.18. The quantitative estimate of drug-likeness (QED) is 0.391. The van der Waals surface area contributed by atoms with Crippen LogP contribution in [0.1, 0.15) is 52.5 Å². The molecule has 1 aromatic heterocycles. The third-order valence-electron chi connectivity index (χ3n) is 4.64. The van der Waals surface area contributed by atoms with Gasteiger partial charge in [-0.15, -0.1) is 4.95 Å². The lowest BCUT2D eigenvalue weighted by Crippen LogP contribution is -2.59. The Morgan fingerprint density at radius 3 is 2.58 bits per heavy atom. The number of pyridine rings is 1. The fraction of sp³-hybridized carbons (Fsp3) is 0.611. The van der Waals surface area contributed by atoms with Gasteiger partial charge < -0.3 is 5.21 Å². The van der Waals surface area contributed by atoms with Crippen LogP contribution in [-0.2, 0) is 6.42 Å². The van der Waals surface area contributed by atoms with Crippen molar-refractivity contribution in [2.45, 2.75) is 64.5 Å². The van der Waals surface area contributed by atoms with Crippen LogP contribution in [0.4, 0.5) is 4.39 Å². The number of hydrogen-bond acceptors (Lipinski definition) is 4. The second kappa shape index (κ2) is 6.96. The lowest BCUT2D eigenvalue weighted by Gasteiger charge is -2.51. The lowest BCUT2D eigenvalue weighted by atomic mass is 9.73. The molecule has 1 aliphatic heterocycles. The molecule has 0 aromatic carbocycles.